The fourth-order valence-corrected chi connectivity index (χ4v) is 3.00. The van der Waals surface area contributed by atoms with E-state index in [-0.39, 0.29) is 29.6 Å². The summed E-state index contributed by atoms with van der Waals surface area (Å²) < 4.78 is 33.0. The highest BCUT2D eigenvalue weighted by Crippen LogP contribution is 2.17. The molecule has 0 saturated heterocycles. The molecule has 6 nitrogen and oxygen atoms in total. The van der Waals surface area contributed by atoms with Crippen LogP contribution < -0.4 is 5.43 Å². The van der Waals surface area contributed by atoms with Crippen molar-refractivity contribution in [1.82, 2.24) is 4.57 Å². The molecule has 0 fully saturated rings. The van der Waals surface area contributed by atoms with E-state index in [1.54, 1.807) is 0 Å². The maximum absolute atomic E-state index is 13.8. The second-order valence-electron chi connectivity index (χ2n) is 6.53. The molecule has 0 aliphatic carbocycles. The molecule has 0 N–H and O–H groups in total. The summed E-state index contributed by atoms with van der Waals surface area (Å²) in [6, 6.07) is 9.03. The molecule has 0 radical (unpaired) electrons. The summed E-state index contributed by atoms with van der Waals surface area (Å²) in [5, 5.41) is 0.0768. The predicted molar refractivity (Wildman–Crippen MR) is 104 cm³/mol. The van der Waals surface area contributed by atoms with Gasteiger partial charge in [-0.25, -0.2) is 13.6 Å². The van der Waals surface area contributed by atoms with Gasteiger partial charge in [0.15, 0.2) is 11.2 Å². The zero-order valence-corrected chi connectivity index (χ0v) is 16.0. The quantitative estimate of drug-likeness (QED) is 0.257. The van der Waals surface area contributed by atoms with E-state index in [4.69, 9.17) is 0 Å². The number of benzene rings is 2. The van der Waals surface area contributed by atoms with Gasteiger partial charge in [-0.1, -0.05) is 12.1 Å². The van der Waals surface area contributed by atoms with Gasteiger partial charge in [0.2, 0.25) is 5.78 Å². The number of pyridine rings is 1. The van der Waals surface area contributed by atoms with Gasteiger partial charge in [-0.05, 0) is 42.8 Å². The molecule has 0 amide bonds. The molecule has 0 spiro atoms. The summed E-state index contributed by atoms with van der Waals surface area (Å²) in [5.41, 5.74) is -0.111. The van der Waals surface area contributed by atoms with Gasteiger partial charge in [0.05, 0.1) is 24.1 Å². The molecule has 1 heterocycles. The van der Waals surface area contributed by atoms with E-state index in [1.165, 1.54) is 48.0 Å². The van der Waals surface area contributed by atoms with Crippen molar-refractivity contribution in [3.05, 3.63) is 81.6 Å². The Balaban J connectivity index is 2.05. The number of ketones is 2. The number of aromatic nitrogens is 1. The highest BCUT2D eigenvalue weighted by molar-refractivity contribution is 6.38. The number of Topliss-reactive ketones (excluding diaryl/α,β-unsaturated/α-hetero) is 2. The molecular weight excluding hydrogens is 396 g/mol. The smallest absolute Gasteiger partial charge is 0.375 e. The van der Waals surface area contributed by atoms with Gasteiger partial charge in [0, 0.05) is 18.1 Å². The van der Waals surface area contributed by atoms with Gasteiger partial charge in [-0.3, -0.25) is 14.4 Å². The van der Waals surface area contributed by atoms with Crippen molar-refractivity contribution in [2.45, 2.75) is 19.9 Å². The first-order valence-electron chi connectivity index (χ1n) is 9.10. The minimum Gasteiger partial charge on any atom is -0.460 e. The average molecular weight is 413 g/mol. The summed E-state index contributed by atoms with van der Waals surface area (Å²) in [7, 11) is 0. The molecule has 8 heteroatoms. The minimum absolute atomic E-state index is 0.0230. The molecule has 1 aromatic heterocycles. The van der Waals surface area contributed by atoms with Crippen LogP contribution >= 0.6 is 0 Å². The molecular formula is C22H17F2NO5. The Bertz CT molecular complexity index is 1200. The Morgan fingerprint density at radius 2 is 1.67 bits per heavy atom. The van der Waals surface area contributed by atoms with Crippen molar-refractivity contribution in [2.24, 2.45) is 0 Å². The van der Waals surface area contributed by atoms with Crippen LogP contribution in [0.4, 0.5) is 8.78 Å². The average Bonchev–Trinajstić information content (AvgIpc) is 2.71. The summed E-state index contributed by atoms with van der Waals surface area (Å²) in [6.07, 6.45) is 0.394. The lowest BCUT2D eigenvalue weighted by Crippen LogP contribution is -2.25. The Labute approximate surface area is 169 Å². The number of fused-ring (bicyclic) bond motifs is 1. The van der Waals surface area contributed by atoms with Crippen LogP contribution in [0.15, 0.2) is 53.5 Å². The van der Waals surface area contributed by atoms with Crippen molar-refractivity contribution in [2.75, 3.05) is 6.61 Å². The number of esters is 1. The summed E-state index contributed by atoms with van der Waals surface area (Å²) in [4.78, 5) is 48.7. The molecule has 30 heavy (non-hydrogen) atoms. The standard InChI is InChI=1S/C22H17F2NO5/c1-2-30-22(29)20(27)10-19(26)17-12-25(11-13-3-5-14(23)6-4-13)18-9-15(24)7-8-16(18)21(17)28/h3-9,12H,2,10-11H2,1H3. The second-order valence-corrected chi connectivity index (χ2v) is 6.53. The molecule has 0 atom stereocenters. The SMILES string of the molecule is CCOC(=O)C(=O)CC(=O)c1cn(Cc2ccc(F)cc2)c2cc(F)ccc2c1=O. The maximum Gasteiger partial charge on any atom is 0.375 e. The molecule has 154 valence electrons. The third-order valence-corrected chi connectivity index (χ3v) is 4.43. The van der Waals surface area contributed by atoms with E-state index >= 15 is 0 Å². The van der Waals surface area contributed by atoms with Gasteiger partial charge < -0.3 is 9.30 Å². The third kappa shape index (κ3) is 4.48. The Kier molecular flexibility index (Phi) is 6.15. The van der Waals surface area contributed by atoms with E-state index in [9.17, 15) is 28.0 Å². The van der Waals surface area contributed by atoms with E-state index in [0.717, 1.165) is 12.1 Å². The third-order valence-electron chi connectivity index (χ3n) is 4.43. The summed E-state index contributed by atoms with van der Waals surface area (Å²) in [6.45, 7) is 1.61. The Morgan fingerprint density at radius 1 is 1.00 bits per heavy atom. The minimum atomic E-state index is -1.15. The molecule has 0 unspecified atom stereocenters. The van der Waals surface area contributed by atoms with Gasteiger partial charge in [-0.15, -0.1) is 0 Å². The zero-order chi connectivity index (χ0) is 21.8. The van der Waals surface area contributed by atoms with Gasteiger partial charge in [0.1, 0.15) is 11.6 Å². The van der Waals surface area contributed by atoms with Crippen molar-refractivity contribution in [3.63, 3.8) is 0 Å². The van der Waals surface area contributed by atoms with Crippen LogP contribution in [0.25, 0.3) is 10.9 Å². The Morgan fingerprint density at radius 3 is 2.33 bits per heavy atom. The monoisotopic (exact) mass is 413 g/mol. The van der Waals surface area contributed by atoms with E-state index < -0.39 is 41.0 Å². The molecule has 3 rings (SSSR count). The number of hydrogen-bond donors (Lipinski definition) is 0. The van der Waals surface area contributed by atoms with Gasteiger partial charge in [0.25, 0.3) is 0 Å². The van der Waals surface area contributed by atoms with Crippen molar-refractivity contribution < 1.29 is 27.9 Å². The molecule has 3 aromatic rings. The highest BCUT2D eigenvalue weighted by atomic mass is 19.1. The lowest BCUT2D eigenvalue weighted by atomic mass is 10.0. The van der Waals surface area contributed by atoms with Crippen LogP contribution in [0, 0.1) is 11.6 Å². The number of rotatable bonds is 7. The van der Waals surface area contributed by atoms with Crippen molar-refractivity contribution in [1.29, 1.82) is 0 Å². The number of carbonyl (C=O) groups excluding carboxylic acids is 3. The van der Waals surface area contributed by atoms with E-state index in [0.29, 0.717) is 5.56 Å². The number of nitrogens with zero attached hydrogens (tertiary/aromatic N) is 1. The van der Waals surface area contributed by atoms with Crippen molar-refractivity contribution in [3.8, 4) is 0 Å². The molecule has 0 saturated carbocycles. The van der Waals surface area contributed by atoms with Crippen LogP contribution in [-0.2, 0) is 20.9 Å². The molecule has 0 aliphatic rings. The first kappa shape index (κ1) is 21.0. The highest BCUT2D eigenvalue weighted by Gasteiger charge is 2.23. The summed E-state index contributed by atoms with van der Waals surface area (Å²) >= 11 is 0. The molecule has 0 aliphatic heterocycles. The number of halogens is 2. The fourth-order valence-electron chi connectivity index (χ4n) is 3.00. The normalized spacial score (nSPS) is 10.8. The zero-order valence-electron chi connectivity index (χ0n) is 16.0. The van der Waals surface area contributed by atoms with Crippen LogP contribution in [0.3, 0.4) is 0 Å². The Hall–Kier alpha value is -3.68. The van der Waals surface area contributed by atoms with Crippen LogP contribution in [0.2, 0.25) is 0 Å². The largest absolute Gasteiger partial charge is 0.460 e. The molecule has 2 aromatic carbocycles. The second kappa shape index (κ2) is 8.77. The van der Waals surface area contributed by atoms with E-state index in [1.807, 2.05) is 0 Å². The number of carbonyl (C=O) groups is 3. The van der Waals surface area contributed by atoms with Crippen LogP contribution in [0.5, 0.6) is 0 Å². The molecule has 0 bridgehead atoms. The number of hydrogen-bond acceptors (Lipinski definition) is 5. The van der Waals surface area contributed by atoms with E-state index in [2.05, 4.69) is 4.74 Å². The first-order valence-corrected chi connectivity index (χ1v) is 9.10. The first-order chi connectivity index (χ1) is 14.3. The van der Waals surface area contributed by atoms with Gasteiger partial charge in [-0.2, -0.15) is 0 Å². The van der Waals surface area contributed by atoms with Crippen LogP contribution in [-0.4, -0.2) is 28.7 Å². The summed E-state index contributed by atoms with van der Waals surface area (Å²) in [5.74, 6) is -4.07. The number of ether oxygens (including phenoxy) is 1. The lowest BCUT2D eigenvalue weighted by Gasteiger charge is -2.13. The van der Waals surface area contributed by atoms with Gasteiger partial charge >= 0.3 is 5.97 Å². The van der Waals surface area contributed by atoms with Crippen molar-refractivity contribution >= 4 is 28.4 Å². The topological polar surface area (TPSA) is 82.4 Å². The predicted octanol–water partition coefficient (Wildman–Crippen LogP) is 3.03. The van der Waals surface area contributed by atoms with Crippen LogP contribution in [0.1, 0.15) is 29.3 Å². The lowest BCUT2D eigenvalue weighted by molar-refractivity contribution is -0.153. The fraction of sp³-hybridized carbons (Fsp3) is 0.182. The maximum atomic E-state index is 13.8.